The second-order valence-corrected chi connectivity index (χ2v) is 6.64. The van der Waals surface area contributed by atoms with Gasteiger partial charge in [0, 0.05) is 0 Å². The van der Waals surface area contributed by atoms with E-state index in [1.165, 1.54) is 24.4 Å². The molecular weight excluding hydrogens is 359 g/mol. The van der Waals surface area contributed by atoms with Crippen molar-refractivity contribution in [2.75, 3.05) is 11.9 Å². The largest absolute Gasteiger partial charge is 0.711 e. The maximum atomic E-state index is 14.4. The molecule has 0 radical (unpaired) electrons. The van der Waals surface area contributed by atoms with Crippen LogP contribution in [0.15, 0.2) is 30.6 Å². The van der Waals surface area contributed by atoms with Crippen LogP contribution < -0.4 is 10.0 Å². The Kier molecular flexibility index (Phi) is 3.59. The highest BCUT2D eigenvalue weighted by atomic mass is 35.5. The molecule has 1 saturated carbocycles. The SMILES string of the molecule is [O-][n+]1cccc2c1Nc1ncc(Cl)cc1C2(OCC1CC1)C(F)(F)F. The van der Waals surface area contributed by atoms with E-state index in [4.69, 9.17) is 16.3 Å². The Morgan fingerprint density at radius 2 is 2.16 bits per heavy atom. The normalized spacial score (nSPS) is 22.1. The van der Waals surface area contributed by atoms with Crippen molar-refractivity contribution in [1.29, 1.82) is 0 Å². The van der Waals surface area contributed by atoms with Gasteiger partial charge in [-0.2, -0.15) is 13.2 Å². The van der Waals surface area contributed by atoms with Crippen LogP contribution in [0.1, 0.15) is 24.0 Å². The lowest BCUT2D eigenvalue weighted by Crippen LogP contribution is -2.51. The van der Waals surface area contributed by atoms with Crippen LogP contribution in [-0.4, -0.2) is 17.8 Å². The van der Waals surface area contributed by atoms with Crippen LogP contribution in [0.2, 0.25) is 5.02 Å². The van der Waals surface area contributed by atoms with Crippen LogP contribution in [0.5, 0.6) is 0 Å². The standard InChI is InChI=1S/C16H13ClF3N3O2/c17-10-6-12-13(21-7-10)22-14-11(2-1-5-23(14)24)15(12,16(18,19)20)25-8-9-3-4-9/h1-2,5-7,9H,3-4,8H2,(H,21,22). The van der Waals surface area contributed by atoms with Gasteiger partial charge in [-0.3, -0.25) is 0 Å². The van der Waals surface area contributed by atoms with Gasteiger partial charge in [0.1, 0.15) is 0 Å². The molecule has 1 fully saturated rings. The van der Waals surface area contributed by atoms with E-state index in [0.717, 1.165) is 19.0 Å². The number of anilines is 2. The fourth-order valence-electron chi connectivity index (χ4n) is 3.03. The van der Waals surface area contributed by atoms with E-state index in [1.807, 2.05) is 0 Å². The molecule has 2 aliphatic rings. The Hall–Kier alpha value is -2.06. The minimum absolute atomic E-state index is 0.0542. The lowest BCUT2D eigenvalue weighted by atomic mass is 9.83. The first kappa shape index (κ1) is 16.4. The van der Waals surface area contributed by atoms with E-state index in [9.17, 15) is 18.4 Å². The van der Waals surface area contributed by atoms with Gasteiger partial charge in [0.25, 0.3) is 5.82 Å². The van der Waals surface area contributed by atoms with Crippen LogP contribution in [0.25, 0.3) is 0 Å². The zero-order valence-electron chi connectivity index (χ0n) is 12.8. The average Bonchev–Trinajstić information content (AvgIpc) is 3.36. The molecular formula is C16H13ClF3N3O2. The molecule has 0 saturated heterocycles. The number of hydrogen-bond acceptors (Lipinski definition) is 4. The number of halogens is 4. The highest BCUT2D eigenvalue weighted by Gasteiger charge is 2.64. The minimum Gasteiger partial charge on any atom is -0.711 e. The fraction of sp³-hybridized carbons (Fsp3) is 0.375. The molecule has 1 aliphatic carbocycles. The lowest BCUT2D eigenvalue weighted by Gasteiger charge is -2.39. The third kappa shape index (κ3) is 2.51. The first-order valence-corrected chi connectivity index (χ1v) is 8.07. The van der Waals surface area contributed by atoms with Crippen molar-refractivity contribution in [2.24, 2.45) is 5.92 Å². The maximum absolute atomic E-state index is 14.4. The second kappa shape index (κ2) is 5.47. The number of rotatable bonds is 3. The average molecular weight is 372 g/mol. The van der Waals surface area contributed by atoms with E-state index in [2.05, 4.69) is 10.3 Å². The van der Waals surface area contributed by atoms with Crippen LogP contribution in [0.3, 0.4) is 0 Å². The summed E-state index contributed by atoms with van der Waals surface area (Å²) in [6, 6.07) is 3.68. The highest BCUT2D eigenvalue weighted by molar-refractivity contribution is 6.30. The monoisotopic (exact) mass is 371 g/mol. The number of pyridine rings is 2. The summed E-state index contributed by atoms with van der Waals surface area (Å²) in [4.78, 5) is 3.94. The van der Waals surface area contributed by atoms with E-state index >= 15 is 0 Å². The Bertz CT molecular complexity index is 838. The van der Waals surface area contributed by atoms with Crippen LogP contribution in [-0.2, 0) is 10.3 Å². The van der Waals surface area contributed by atoms with Gasteiger partial charge in [-0.15, -0.1) is 0 Å². The molecule has 3 heterocycles. The molecule has 4 rings (SSSR count). The predicted octanol–water partition coefficient (Wildman–Crippen LogP) is 3.66. The molecule has 9 heteroatoms. The third-order valence-electron chi connectivity index (χ3n) is 4.44. The minimum atomic E-state index is -4.81. The topological polar surface area (TPSA) is 61.1 Å². The molecule has 0 spiro atoms. The maximum Gasteiger partial charge on any atom is 0.426 e. The summed E-state index contributed by atoms with van der Waals surface area (Å²) in [5, 5.41) is 14.8. The highest BCUT2D eigenvalue weighted by Crippen LogP contribution is 2.54. The number of hydrogen-bond donors (Lipinski definition) is 1. The molecule has 25 heavy (non-hydrogen) atoms. The molecule has 1 atom stereocenters. The van der Waals surface area contributed by atoms with Gasteiger partial charge in [0.2, 0.25) is 11.4 Å². The molecule has 2 aromatic rings. The van der Waals surface area contributed by atoms with E-state index in [0.29, 0.717) is 4.73 Å². The summed E-state index contributed by atoms with van der Waals surface area (Å²) in [7, 11) is 0. The Morgan fingerprint density at radius 1 is 1.40 bits per heavy atom. The van der Waals surface area contributed by atoms with Gasteiger partial charge < -0.3 is 9.94 Å². The van der Waals surface area contributed by atoms with Crippen molar-refractivity contribution >= 4 is 23.2 Å². The molecule has 0 aromatic carbocycles. The zero-order chi connectivity index (χ0) is 17.8. The number of aromatic nitrogens is 2. The number of fused-ring (bicyclic) bond motifs is 2. The van der Waals surface area contributed by atoms with E-state index in [1.54, 1.807) is 0 Å². The number of nitrogens with one attached hydrogen (secondary N) is 1. The molecule has 132 valence electrons. The summed E-state index contributed by atoms with van der Waals surface area (Å²) < 4.78 is 48.9. The van der Waals surface area contributed by atoms with Gasteiger partial charge in [0.15, 0.2) is 0 Å². The Balaban J connectivity index is 1.99. The first-order chi connectivity index (χ1) is 11.8. The molecule has 2 aromatic heterocycles. The Morgan fingerprint density at radius 3 is 2.84 bits per heavy atom. The molecule has 5 nitrogen and oxygen atoms in total. The Labute approximate surface area is 146 Å². The van der Waals surface area contributed by atoms with Crippen molar-refractivity contribution in [2.45, 2.75) is 24.6 Å². The quantitative estimate of drug-likeness (QED) is 0.660. The summed E-state index contributed by atoms with van der Waals surface area (Å²) in [5.74, 6) is -0.255. The van der Waals surface area contributed by atoms with Crippen LogP contribution >= 0.6 is 11.6 Å². The van der Waals surface area contributed by atoms with Gasteiger partial charge in [-0.25, -0.2) is 15.0 Å². The molecule has 1 unspecified atom stereocenters. The number of nitrogens with zero attached hydrogens (tertiary/aromatic N) is 2. The van der Waals surface area contributed by atoms with Crippen LogP contribution in [0, 0.1) is 11.1 Å². The van der Waals surface area contributed by atoms with Crippen molar-refractivity contribution in [3.63, 3.8) is 0 Å². The van der Waals surface area contributed by atoms with Crippen molar-refractivity contribution < 1.29 is 22.6 Å². The molecule has 0 bridgehead atoms. The second-order valence-electron chi connectivity index (χ2n) is 6.20. The van der Waals surface area contributed by atoms with Gasteiger partial charge in [-0.1, -0.05) is 11.6 Å². The fourth-order valence-corrected chi connectivity index (χ4v) is 3.19. The molecule has 1 aliphatic heterocycles. The van der Waals surface area contributed by atoms with E-state index < -0.39 is 11.8 Å². The van der Waals surface area contributed by atoms with Crippen LogP contribution in [0.4, 0.5) is 24.8 Å². The number of alkyl halides is 3. The zero-order valence-corrected chi connectivity index (χ0v) is 13.6. The molecule has 0 amide bonds. The number of ether oxygens (including phenoxy) is 1. The van der Waals surface area contributed by atoms with Gasteiger partial charge in [0.05, 0.1) is 35.2 Å². The predicted molar refractivity (Wildman–Crippen MR) is 83.4 cm³/mol. The summed E-state index contributed by atoms with van der Waals surface area (Å²) in [6.07, 6.45) is -0.812. The summed E-state index contributed by atoms with van der Waals surface area (Å²) in [5.41, 5.74) is -3.34. The van der Waals surface area contributed by atoms with E-state index in [-0.39, 0.29) is 40.3 Å². The van der Waals surface area contributed by atoms with Gasteiger partial charge >= 0.3 is 6.18 Å². The first-order valence-electron chi connectivity index (χ1n) is 7.69. The third-order valence-corrected chi connectivity index (χ3v) is 4.65. The summed E-state index contributed by atoms with van der Waals surface area (Å²) >= 11 is 5.91. The summed E-state index contributed by atoms with van der Waals surface area (Å²) in [6.45, 7) is -0.0569. The smallest absolute Gasteiger partial charge is 0.426 e. The van der Waals surface area contributed by atoms with Crippen molar-refractivity contribution in [3.8, 4) is 0 Å². The van der Waals surface area contributed by atoms with Gasteiger partial charge in [-0.05, 0) is 37.0 Å². The van der Waals surface area contributed by atoms with Crippen molar-refractivity contribution in [3.05, 3.63) is 51.9 Å². The van der Waals surface area contributed by atoms with Crippen molar-refractivity contribution in [1.82, 2.24) is 4.98 Å². The lowest BCUT2D eigenvalue weighted by molar-refractivity contribution is -0.591. The molecule has 1 N–H and O–H groups in total.